The van der Waals surface area contributed by atoms with Crippen molar-refractivity contribution in [1.29, 1.82) is 0 Å². The van der Waals surface area contributed by atoms with Crippen LogP contribution in [-0.4, -0.2) is 22.6 Å². The molecule has 64 valence electrons. The van der Waals surface area contributed by atoms with Crippen LogP contribution in [0.2, 0.25) is 0 Å². The Morgan fingerprint density at radius 2 is 2.33 bits per heavy atom. The number of nitrogens with one attached hydrogen (secondary N) is 1. The lowest BCUT2D eigenvalue weighted by Gasteiger charge is -1.88. The summed E-state index contributed by atoms with van der Waals surface area (Å²) in [6.45, 7) is 1.76. The number of rotatable bonds is 2. The van der Waals surface area contributed by atoms with Gasteiger partial charge in [-0.1, -0.05) is 11.8 Å². The highest BCUT2D eigenvalue weighted by molar-refractivity contribution is 8.13. The number of carbonyl (C=O) groups excluding carboxylic acids is 2. The second kappa shape index (κ2) is 3.58. The molecule has 0 bridgehead atoms. The van der Waals surface area contributed by atoms with E-state index in [1.165, 1.54) is 0 Å². The van der Waals surface area contributed by atoms with Crippen LogP contribution in [0.3, 0.4) is 0 Å². The highest BCUT2D eigenvalue weighted by atomic mass is 32.2. The molecule has 0 aliphatic heterocycles. The molecule has 0 unspecified atom stereocenters. The molecule has 1 aromatic rings. The van der Waals surface area contributed by atoms with Gasteiger partial charge in [0.05, 0.1) is 5.69 Å². The van der Waals surface area contributed by atoms with E-state index in [4.69, 9.17) is 0 Å². The van der Waals surface area contributed by atoms with Crippen LogP contribution < -0.4 is 0 Å². The lowest BCUT2D eigenvalue weighted by Crippen LogP contribution is -1.91. The standard InChI is InChI=1S/C8H9NO2S/c1-5-6(4-10)3-7(9-5)8(11)12-2/h3-4,9H,1-2H3. The molecular formula is C8H9NO2S. The zero-order valence-electron chi connectivity index (χ0n) is 6.88. The molecule has 0 spiro atoms. The van der Waals surface area contributed by atoms with Gasteiger partial charge in [-0.25, -0.2) is 0 Å². The number of aromatic nitrogens is 1. The smallest absolute Gasteiger partial charge is 0.235 e. The molecule has 1 rings (SSSR count). The van der Waals surface area contributed by atoms with Crippen LogP contribution in [-0.2, 0) is 0 Å². The van der Waals surface area contributed by atoms with E-state index >= 15 is 0 Å². The molecule has 1 N–H and O–H groups in total. The number of thioether (sulfide) groups is 1. The van der Waals surface area contributed by atoms with Crippen molar-refractivity contribution in [2.24, 2.45) is 0 Å². The van der Waals surface area contributed by atoms with Gasteiger partial charge in [-0.2, -0.15) is 0 Å². The number of hydrogen-bond acceptors (Lipinski definition) is 3. The third-order valence-electron chi connectivity index (χ3n) is 1.59. The van der Waals surface area contributed by atoms with Crippen molar-refractivity contribution < 1.29 is 9.59 Å². The fourth-order valence-electron chi connectivity index (χ4n) is 0.916. The van der Waals surface area contributed by atoms with Crippen LogP contribution in [0.25, 0.3) is 0 Å². The minimum Gasteiger partial charge on any atom is -0.355 e. The van der Waals surface area contributed by atoms with Crippen LogP contribution in [0.5, 0.6) is 0 Å². The van der Waals surface area contributed by atoms with Gasteiger partial charge in [-0.05, 0) is 19.2 Å². The van der Waals surface area contributed by atoms with E-state index in [1.54, 1.807) is 19.2 Å². The molecule has 12 heavy (non-hydrogen) atoms. The molecule has 0 radical (unpaired) electrons. The van der Waals surface area contributed by atoms with Crippen molar-refractivity contribution in [1.82, 2.24) is 4.98 Å². The number of H-pyrrole nitrogens is 1. The molecule has 4 heteroatoms. The number of aromatic amines is 1. The minimum atomic E-state index is -0.0498. The van der Waals surface area contributed by atoms with Crippen molar-refractivity contribution in [2.45, 2.75) is 6.92 Å². The van der Waals surface area contributed by atoms with Gasteiger partial charge in [0, 0.05) is 11.3 Å². The number of hydrogen-bond donors (Lipinski definition) is 1. The molecule has 0 atom stereocenters. The largest absolute Gasteiger partial charge is 0.355 e. The van der Waals surface area contributed by atoms with E-state index in [1.807, 2.05) is 0 Å². The molecule has 1 heterocycles. The Kier molecular flexibility index (Phi) is 2.70. The fraction of sp³-hybridized carbons (Fsp3) is 0.250. The average molecular weight is 183 g/mol. The van der Waals surface area contributed by atoms with E-state index in [0.717, 1.165) is 23.7 Å². The molecule has 0 saturated heterocycles. The Morgan fingerprint density at radius 1 is 1.67 bits per heavy atom. The van der Waals surface area contributed by atoms with Crippen LogP contribution >= 0.6 is 11.8 Å². The maximum atomic E-state index is 11.1. The van der Waals surface area contributed by atoms with Crippen molar-refractivity contribution in [3.63, 3.8) is 0 Å². The van der Waals surface area contributed by atoms with Gasteiger partial charge in [-0.15, -0.1) is 0 Å². The predicted octanol–water partition coefficient (Wildman–Crippen LogP) is 1.64. The van der Waals surface area contributed by atoms with Gasteiger partial charge in [0.15, 0.2) is 6.29 Å². The Bertz CT molecular complexity index is 317. The van der Waals surface area contributed by atoms with Gasteiger partial charge in [0.2, 0.25) is 5.12 Å². The molecule has 3 nitrogen and oxygen atoms in total. The number of aryl methyl sites for hydroxylation is 1. The first kappa shape index (κ1) is 9.06. The molecule has 0 amide bonds. The minimum absolute atomic E-state index is 0.0498. The van der Waals surface area contributed by atoms with E-state index in [0.29, 0.717) is 11.3 Å². The quantitative estimate of drug-likeness (QED) is 0.709. The molecule has 0 aliphatic carbocycles. The molecular weight excluding hydrogens is 174 g/mol. The summed E-state index contributed by atoms with van der Waals surface area (Å²) in [6, 6.07) is 1.57. The van der Waals surface area contributed by atoms with Crippen LogP contribution in [0.4, 0.5) is 0 Å². The van der Waals surface area contributed by atoms with Gasteiger partial charge < -0.3 is 4.98 Å². The highest BCUT2D eigenvalue weighted by Gasteiger charge is 2.09. The summed E-state index contributed by atoms with van der Waals surface area (Å²) >= 11 is 1.12. The SMILES string of the molecule is CSC(=O)c1cc(C=O)c(C)[nH]1. The van der Waals surface area contributed by atoms with Crippen LogP contribution in [0.1, 0.15) is 26.5 Å². The van der Waals surface area contributed by atoms with Crippen molar-refractivity contribution >= 4 is 23.2 Å². The zero-order valence-corrected chi connectivity index (χ0v) is 7.70. The molecule has 0 aromatic carbocycles. The monoisotopic (exact) mass is 183 g/mol. The zero-order chi connectivity index (χ0) is 9.14. The first-order valence-corrected chi connectivity index (χ1v) is 4.64. The van der Waals surface area contributed by atoms with Gasteiger partial charge in [0.25, 0.3) is 0 Å². The summed E-state index contributed by atoms with van der Waals surface area (Å²) in [6.07, 6.45) is 2.45. The number of aldehydes is 1. The van der Waals surface area contributed by atoms with Crippen LogP contribution in [0.15, 0.2) is 6.07 Å². The third kappa shape index (κ3) is 1.58. The van der Waals surface area contributed by atoms with Gasteiger partial charge in [-0.3, -0.25) is 9.59 Å². The lowest BCUT2D eigenvalue weighted by molar-refractivity contribution is 0.108. The average Bonchev–Trinajstić information content (AvgIpc) is 2.45. The highest BCUT2D eigenvalue weighted by Crippen LogP contribution is 2.12. The summed E-state index contributed by atoms with van der Waals surface area (Å²) in [5.41, 5.74) is 1.77. The van der Waals surface area contributed by atoms with E-state index in [-0.39, 0.29) is 5.12 Å². The maximum Gasteiger partial charge on any atom is 0.235 e. The summed E-state index contributed by atoms with van der Waals surface area (Å²) < 4.78 is 0. The molecule has 0 saturated carbocycles. The topological polar surface area (TPSA) is 49.9 Å². The van der Waals surface area contributed by atoms with Gasteiger partial charge >= 0.3 is 0 Å². The Labute approximate surface area is 74.5 Å². The maximum absolute atomic E-state index is 11.1. The van der Waals surface area contributed by atoms with E-state index in [2.05, 4.69) is 4.98 Å². The van der Waals surface area contributed by atoms with Crippen LogP contribution in [0, 0.1) is 6.92 Å². The first-order valence-electron chi connectivity index (χ1n) is 3.42. The van der Waals surface area contributed by atoms with Crippen molar-refractivity contribution in [3.8, 4) is 0 Å². The Hall–Kier alpha value is -1.03. The second-order valence-corrected chi connectivity index (χ2v) is 3.15. The lowest BCUT2D eigenvalue weighted by atomic mass is 10.3. The van der Waals surface area contributed by atoms with E-state index < -0.39 is 0 Å². The first-order chi connectivity index (χ1) is 5.69. The second-order valence-electron chi connectivity index (χ2n) is 2.37. The summed E-state index contributed by atoms with van der Waals surface area (Å²) in [7, 11) is 0. The molecule has 0 aliphatic rings. The normalized spacial score (nSPS) is 9.83. The molecule has 1 aromatic heterocycles. The van der Waals surface area contributed by atoms with E-state index in [9.17, 15) is 9.59 Å². The Morgan fingerprint density at radius 3 is 2.75 bits per heavy atom. The number of carbonyl (C=O) groups is 2. The van der Waals surface area contributed by atoms with Crippen molar-refractivity contribution in [2.75, 3.05) is 6.26 Å². The third-order valence-corrected chi connectivity index (χ3v) is 2.18. The molecule has 0 fully saturated rings. The summed E-state index contributed by atoms with van der Waals surface area (Å²) in [5, 5.41) is -0.0498. The predicted molar refractivity (Wildman–Crippen MR) is 48.8 cm³/mol. The fourth-order valence-corrected chi connectivity index (χ4v) is 1.25. The summed E-state index contributed by atoms with van der Waals surface area (Å²) in [4.78, 5) is 24.4. The Balaban J connectivity index is 3.04. The van der Waals surface area contributed by atoms with Gasteiger partial charge in [0.1, 0.15) is 0 Å². The van der Waals surface area contributed by atoms with Crippen molar-refractivity contribution in [3.05, 3.63) is 23.0 Å². The summed E-state index contributed by atoms with van der Waals surface area (Å²) in [5.74, 6) is 0.